The van der Waals surface area contributed by atoms with Gasteiger partial charge in [0, 0.05) is 17.1 Å². The molecule has 126 valence electrons. The maximum atomic E-state index is 12.8. The van der Waals surface area contributed by atoms with Gasteiger partial charge in [-0.3, -0.25) is 4.79 Å². The molecule has 0 N–H and O–H groups in total. The Morgan fingerprint density at radius 3 is 2.88 bits per heavy atom. The molecule has 0 saturated carbocycles. The van der Waals surface area contributed by atoms with E-state index in [2.05, 4.69) is 16.2 Å². The lowest BCUT2D eigenvalue weighted by Gasteiger charge is -2.08. The lowest BCUT2D eigenvalue weighted by atomic mass is 10.1. The number of rotatable bonds is 4. The van der Waals surface area contributed by atoms with E-state index in [1.54, 1.807) is 30.5 Å². The molecule has 4 rings (SSSR count). The SMILES string of the molecule is N#Cc1ccccc1Cn1cccc(-c2nc(-c3ccsc3)no2)c1=O. The van der Waals surface area contributed by atoms with Crippen LogP contribution in [0.5, 0.6) is 0 Å². The minimum atomic E-state index is -0.249. The van der Waals surface area contributed by atoms with Gasteiger partial charge in [0.05, 0.1) is 18.2 Å². The van der Waals surface area contributed by atoms with E-state index in [0.29, 0.717) is 23.5 Å². The molecule has 0 saturated heterocycles. The number of benzene rings is 1. The molecule has 0 aliphatic carbocycles. The van der Waals surface area contributed by atoms with Crippen LogP contribution in [0.1, 0.15) is 11.1 Å². The molecule has 6 nitrogen and oxygen atoms in total. The van der Waals surface area contributed by atoms with E-state index in [9.17, 15) is 10.1 Å². The molecule has 3 aromatic heterocycles. The van der Waals surface area contributed by atoms with Gasteiger partial charge in [-0.05, 0) is 35.2 Å². The maximum Gasteiger partial charge on any atom is 0.263 e. The van der Waals surface area contributed by atoms with Gasteiger partial charge < -0.3 is 9.09 Å². The van der Waals surface area contributed by atoms with Crippen LogP contribution in [-0.4, -0.2) is 14.7 Å². The van der Waals surface area contributed by atoms with Crippen LogP contribution in [0, 0.1) is 11.3 Å². The van der Waals surface area contributed by atoms with E-state index in [1.807, 2.05) is 29.0 Å². The van der Waals surface area contributed by atoms with E-state index in [0.717, 1.165) is 11.1 Å². The molecular formula is C19H12N4O2S. The van der Waals surface area contributed by atoms with Crippen molar-refractivity contribution in [1.82, 2.24) is 14.7 Å². The smallest absolute Gasteiger partial charge is 0.263 e. The lowest BCUT2D eigenvalue weighted by Crippen LogP contribution is -2.21. The zero-order valence-corrected chi connectivity index (χ0v) is 14.3. The Hall–Kier alpha value is -3.50. The van der Waals surface area contributed by atoms with Crippen LogP contribution in [-0.2, 0) is 6.54 Å². The number of hydrogen-bond acceptors (Lipinski definition) is 6. The van der Waals surface area contributed by atoms with Crippen molar-refractivity contribution in [1.29, 1.82) is 5.26 Å². The highest BCUT2D eigenvalue weighted by molar-refractivity contribution is 7.08. The molecule has 0 spiro atoms. The number of pyridine rings is 1. The highest BCUT2D eigenvalue weighted by atomic mass is 32.1. The highest BCUT2D eigenvalue weighted by Crippen LogP contribution is 2.22. The van der Waals surface area contributed by atoms with Crippen molar-refractivity contribution >= 4 is 11.3 Å². The van der Waals surface area contributed by atoms with Crippen LogP contribution in [0.25, 0.3) is 22.8 Å². The number of hydrogen-bond donors (Lipinski definition) is 0. The standard InChI is InChI=1S/C19H12N4O2S/c20-10-13-4-1-2-5-14(13)11-23-8-3-6-16(19(23)24)18-21-17(22-25-18)15-7-9-26-12-15/h1-9,12H,11H2. The van der Waals surface area contributed by atoms with Gasteiger partial charge in [-0.2, -0.15) is 21.6 Å². The van der Waals surface area contributed by atoms with Gasteiger partial charge in [-0.1, -0.05) is 23.4 Å². The highest BCUT2D eigenvalue weighted by Gasteiger charge is 2.15. The van der Waals surface area contributed by atoms with E-state index >= 15 is 0 Å². The number of nitrogens with zero attached hydrogens (tertiary/aromatic N) is 4. The summed E-state index contributed by atoms with van der Waals surface area (Å²) in [5.74, 6) is 0.630. The summed E-state index contributed by atoms with van der Waals surface area (Å²) < 4.78 is 6.81. The largest absolute Gasteiger partial charge is 0.333 e. The fourth-order valence-electron chi connectivity index (χ4n) is 2.62. The lowest BCUT2D eigenvalue weighted by molar-refractivity contribution is 0.431. The summed E-state index contributed by atoms with van der Waals surface area (Å²) in [5.41, 5.74) is 2.25. The van der Waals surface area contributed by atoms with Crippen molar-refractivity contribution in [3.05, 3.63) is 80.9 Å². The molecule has 0 fully saturated rings. The summed E-state index contributed by atoms with van der Waals surface area (Å²) in [6, 6.07) is 14.6. The van der Waals surface area contributed by atoms with Crippen molar-refractivity contribution in [3.8, 4) is 28.9 Å². The van der Waals surface area contributed by atoms with E-state index in [4.69, 9.17) is 4.52 Å². The molecule has 0 bridgehead atoms. The van der Waals surface area contributed by atoms with Gasteiger partial charge in [0.2, 0.25) is 5.82 Å². The van der Waals surface area contributed by atoms with E-state index in [1.165, 1.54) is 15.9 Å². The predicted molar refractivity (Wildman–Crippen MR) is 97.6 cm³/mol. The van der Waals surface area contributed by atoms with Crippen molar-refractivity contribution in [3.63, 3.8) is 0 Å². The van der Waals surface area contributed by atoms with Crippen LogP contribution in [0.2, 0.25) is 0 Å². The Labute approximate surface area is 152 Å². The number of nitriles is 1. The van der Waals surface area contributed by atoms with Gasteiger partial charge >= 0.3 is 0 Å². The van der Waals surface area contributed by atoms with Crippen LogP contribution in [0.15, 0.2) is 68.7 Å². The first-order valence-electron chi connectivity index (χ1n) is 7.80. The average Bonchev–Trinajstić information content (AvgIpc) is 3.35. The Bertz CT molecular complexity index is 1150. The van der Waals surface area contributed by atoms with E-state index < -0.39 is 0 Å². The van der Waals surface area contributed by atoms with Crippen LogP contribution < -0.4 is 5.56 Å². The third kappa shape index (κ3) is 2.94. The first kappa shape index (κ1) is 16.0. The molecule has 1 aromatic carbocycles. The second-order valence-corrected chi connectivity index (χ2v) is 6.34. The molecule has 0 atom stereocenters. The Balaban J connectivity index is 1.71. The third-order valence-corrected chi connectivity index (χ3v) is 4.62. The van der Waals surface area contributed by atoms with Gasteiger partial charge in [-0.15, -0.1) is 0 Å². The fraction of sp³-hybridized carbons (Fsp3) is 0.0526. The van der Waals surface area contributed by atoms with Crippen molar-refractivity contribution in [2.24, 2.45) is 0 Å². The first-order valence-corrected chi connectivity index (χ1v) is 8.74. The van der Waals surface area contributed by atoms with Crippen LogP contribution in [0.3, 0.4) is 0 Å². The molecule has 0 amide bonds. The normalized spacial score (nSPS) is 10.6. The van der Waals surface area contributed by atoms with Crippen molar-refractivity contribution in [2.75, 3.05) is 0 Å². The summed E-state index contributed by atoms with van der Waals surface area (Å²) in [6.07, 6.45) is 1.68. The molecule has 7 heteroatoms. The minimum absolute atomic E-state index is 0.180. The first-order chi connectivity index (χ1) is 12.8. The van der Waals surface area contributed by atoms with Gasteiger partial charge in [-0.25, -0.2) is 0 Å². The zero-order chi connectivity index (χ0) is 17.9. The fourth-order valence-corrected chi connectivity index (χ4v) is 3.25. The Morgan fingerprint density at radius 1 is 1.19 bits per heavy atom. The molecule has 26 heavy (non-hydrogen) atoms. The summed E-state index contributed by atoms with van der Waals surface area (Å²) >= 11 is 1.54. The molecule has 0 aliphatic heterocycles. The molecule has 3 heterocycles. The topological polar surface area (TPSA) is 84.7 Å². The molecule has 4 aromatic rings. The van der Waals surface area contributed by atoms with Gasteiger partial charge in [0.1, 0.15) is 5.56 Å². The number of aromatic nitrogens is 3. The predicted octanol–water partition coefficient (Wildman–Crippen LogP) is 3.55. The van der Waals surface area contributed by atoms with E-state index in [-0.39, 0.29) is 11.4 Å². The monoisotopic (exact) mass is 360 g/mol. The van der Waals surface area contributed by atoms with Crippen LogP contribution >= 0.6 is 11.3 Å². The molecule has 0 unspecified atom stereocenters. The maximum absolute atomic E-state index is 12.8. The van der Waals surface area contributed by atoms with Gasteiger partial charge in [0.25, 0.3) is 11.4 Å². The van der Waals surface area contributed by atoms with Crippen molar-refractivity contribution in [2.45, 2.75) is 6.54 Å². The van der Waals surface area contributed by atoms with Gasteiger partial charge in [0.15, 0.2) is 0 Å². The Kier molecular flexibility index (Phi) is 4.17. The third-order valence-electron chi connectivity index (χ3n) is 3.93. The average molecular weight is 360 g/mol. The van der Waals surface area contributed by atoms with Crippen molar-refractivity contribution < 1.29 is 4.52 Å². The quantitative estimate of drug-likeness (QED) is 0.556. The zero-order valence-electron chi connectivity index (χ0n) is 13.5. The second-order valence-electron chi connectivity index (χ2n) is 5.56. The molecule has 0 radical (unpaired) electrons. The summed E-state index contributed by atoms with van der Waals surface area (Å²) in [5, 5.41) is 17.0. The summed E-state index contributed by atoms with van der Waals surface area (Å²) in [4.78, 5) is 17.2. The Morgan fingerprint density at radius 2 is 2.08 bits per heavy atom. The molecule has 0 aliphatic rings. The molecular weight excluding hydrogens is 348 g/mol. The summed E-state index contributed by atoms with van der Waals surface area (Å²) in [7, 11) is 0. The second kappa shape index (κ2) is 6.78. The summed E-state index contributed by atoms with van der Waals surface area (Å²) in [6.45, 7) is 0.294. The minimum Gasteiger partial charge on any atom is -0.333 e. The van der Waals surface area contributed by atoms with Crippen LogP contribution in [0.4, 0.5) is 0 Å². The number of thiophene rings is 1.